The molecule has 0 aliphatic heterocycles. The molecular weight excluding hydrogens is 418 g/mol. The molecular formula is C18H20BrN3O3S. The van der Waals surface area contributed by atoms with Gasteiger partial charge in [0.25, 0.3) is 5.91 Å². The minimum Gasteiger partial charge on any atom is -0.398 e. The van der Waals surface area contributed by atoms with Gasteiger partial charge >= 0.3 is 0 Å². The molecule has 26 heavy (non-hydrogen) atoms. The summed E-state index contributed by atoms with van der Waals surface area (Å²) in [5.41, 5.74) is 13.4. The number of nitrogen functional groups attached to an aromatic ring is 1. The van der Waals surface area contributed by atoms with Crippen LogP contribution in [0.1, 0.15) is 41.1 Å². The van der Waals surface area contributed by atoms with Gasteiger partial charge in [0, 0.05) is 10.4 Å². The number of anilines is 1. The summed E-state index contributed by atoms with van der Waals surface area (Å²) in [5, 5.41) is 5.45. The van der Waals surface area contributed by atoms with E-state index in [1.165, 1.54) is 0 Å². The Bertz CT molecular complexity index is 961. The number of benzene rings is 2. The van der Waals surface area contributed by atoms with Crippen molar-refractivity contribution in [3.63, 3.8) is 0 Å². The molecule has 2 unspecified atom stereocenters. The molecule has 2 atom stereocenters. The van der Waals surface area contributed by atoms with Gasteiger partial charge in [0.05, 0.1) is 11.3 Å². The minimum atomic E-state index is -4.18. The third-order valence-corrected chi connectivity index (χ3v) is 6.61. The number of carbonyl (C=O) groups is 1. The first-order valence-corrected chi connectivity index (χ1v) is 10.6. The van der Waals surface area contributed by atoms with Crippen molar-refractivity contribution in [2.75, 3.05) is 5.73 Å². The molecule has 6 nitrogen and oxygen atoms in total. The number of primary sulfonamides is 1. The van der Waals surface area contributed by atoms with Crippen molar-refractivity contribution in [2.45, 2.75) is 34.9 Å². The van der Waals surface area contributed by atoms with Gasteiger partial charge < -0.3 is 11.5 Å². The topological polar surface area (TPSA) is 129 Å². The highest BCUT2D eigenvalue weighted by Gasteiger charge is 2.33. The second kappa shape index (κ2) is 7.02. The van der Waals surface area contributed by atoms with Crippen molar-refractivity contribution in [3.05, 3.63) is 47.5 Å². The van der Waals surface area contributed by atoms with Gasteiger partial charge in [-0.3, -0.25) is 4.79 Å². The Labute approximate surface area is 160 Å². The van der Waals surface area contributed by atoms with E-state index >= 15 is 0 Å². The van der Waals surface area contributed by atoms with E-state index in [1.54, 1.807) is 6.07 Å². The number of rotatable bonds is 4. The van der Waals surface area contributed by atoms with E-state index in [-0.39, 0.29) is 26.9 Å². The van der Waals surface area contributed by atoms with Crippen molar-refractivity contribution in [2.24, 2.45) is 10.9 Å². The maximum absolute atomic E-state index is 12.3. The van der Waals surface area contributed by atoms with Crippen LogP contribution < -0.4 is 16.6 Å². The third-order valence-electron chi connectivity index (χ3n) is 4.77. The molecule has 138 valence electrons. The molecule has 1 aliphatic carbocycles. The first kappa shape index (κ1) is 18.9. The van der Waals surface area contributed by atoms with Gasteiger partial charge in [-0.15, -0.1) is 0 Å². The van der Waals surface area contributed by atoms with Gasteiger partial charge in [0.15, 0.2) is 0 Å². The lowest BCUT2D eigenvalue weighted by molar-refractivity contribution is 0.0998. The van der Waals surface area contributed by atoms with Gasteiger partial charge in [-0.05, 0) is 42.4 Å². The average molecular weight is 438 g/mol. The highest BCUT2D eigenvalue weighted by Crippen LogP contribution is 2.44. The molecule has 8 heteroatoms. The van der Waals surface area contributed by atoms with Crippen molar-refractivity contribution in [3.8, 4) is 11.1 Å². The number of hydrogen-bond acceptors (Lipinski definition) is 4. The van der Waals surface area contributed by atoms with E-state index < -0.39 is 15.9 Å². The predicted octanol–water partition coefficient (Wildman–Crippen LogP) is 2.71. The van der Waals surface area contributed by atoms with Crippen LogP contribution in [0.4, 0.5) is 5.69 Å². The lowest BCUT2D eigenvalue weighted by Crippen LogP contribution is -2.25. The summed E-state index contributed by atoms with van der Waals surface area (Å²) in [6.45, 7) is 0. The van der Waals surface area contributed by atoms with Crippen LogP contribution in [-0.4, -0.2) is 19.2 Å². The van der Waals surface area contributed by atoms with Gasteiger partial charge in [-0.25, -0.2) is 13.6 Å². The Balaban J connectivity index is 2.37. The summed E-state index contributed by atoms with van der Waals surface area (Å²) in [4.78, 5) is 12.2. The molecule has 0 radical (unpaired) electrons. The summed E-state index contributed by atoms with van der Waals surface area (Å²) in [6.07, 6.45) is 2.44. The fourth-order valence-electron chi connectivity index (χ4n) is 3.62. The summed E-state index contributed by atoms with van der Waals surface area (Å²) in [6, 6.07) is 11.0. The van der Waals surface area contributed by atoms with Crippen molar-refractivity contribution < 1.29 is 13.2 Å². The van der Waals surface area contributed by atoms with Crippen LogP contribution in [0.3, 0.4) is 0 Å². The van der Waals surface area contributed by atoms with E-state index in [0.717, 1.165) is 24.8 Å². The Kier molecular flexibility index (Phi) is 5.09. The number of amides is 1. The molecule has 0 bridgehead atoms. The van der Waals surface area contributed by atoms with Gasteiger partial charge in [-0.2, -0.15) is 0 Å². The molecule has 0 spiro atoms. The molecule has 6 N–H and O–H groups in total. The number of hydrogen-bond donors (Lipinski definition) is 3. The molecule has 0 saturated heterocycles. The Morgan fingerprint density at radius 2 is 1.81 bits per heavy atom. The van der Waals surface area contributed by atoms with Crippen LogP contribution in [0.5, 0.6) is 0 Å². The van der Waals surface area contributed by atoms with Crippen molar-refractivity contribution in [1.82, 2.24) is 0 Å². The molecule has 2 aromatic carbocycles. The maximum Gasteiger partial charge on any atom is 0.252 e. The van der Waals surface area contributed by atoms with Crippen LogP contribution in [0.2, 0.25) is 0 Å². The lowest BCUT2D eigenvalue weighted by atomic mass is 9.90. The van der Waals surface area contributed by atoms with Crippen LogP contribution in [-0.2, 0) is 10.0 Å². The summed E-state index contributed by atoms with van der Waals surface area (Å²) >= 11 is 3.58. The van der Waals surface area contributed by atoms with Gasteiger partial charge in [-0.1, -0.05) is 46.3 Å². The SMILES string of the molecule is NC(=O)c1c(N)c(-c2ccccc2)cc(C2CCC(Br)C2)c1S(N)(=O)=O. The monoisotopic (exact) mass is 437 g/mol. The van der Waals surface area contributed by atoms with E-state index in [4.69, 9.17) is 16.6 Å². The zero-order chi connectivity index (χ0) is 19.1. The largest absolute Gasteiger partial charge is 0.398 e. The van der Waals surface area contributed by atoms with Gasteiger partial charge in [0.1, 0.15) is 4.90 Å². The molecule has 3 rings (SSSR count). The van der Waals surface area contributed by atoms with E-state index in [0.29, 0.717) is 11.1 Å². The Hall–Kier alpha value is -1.90. The van der Waals surface area contributed by atoms with Crippen molar-refractivity contribution in [1.29, 1.82) is 0 Å². The van der Waals surface area contributed by atoms with Crippen molar-refractivity contribution >= 4 is 37.5 Å². The van der Waals surface area contributed by atoms with E-state index in [9.17, 15) is 13.2 Å². The first-order chi connectivity index (χ1) is 12.2. The number of primary amides is 1. The Morgan fingerprint density at radius 1 is 1.15 bits per heavy atom. The number of halogens is 1. The first-order valence-electron chi connectivity index (χ1n) is 8.18. The number of alkyl halides is 1. The van der Waals surface area contributed by atoms with Gasteiger partial charge in [0.2, 0.25) is 10.0 Å². The summed E-state index contributed by atoms with van der Waals surface area (Å²) in [5.74, 6) is -0.951. The number of sulfonamides is 1. The zero-order valence-electron chi connectivity index (χ0n) is 14.0. The fraction of sp³-hybridized carbons (Fsp3) is 0.278. The molecule has 1 saturated carbocycles. The zero-order valence-corrected chi connectivity index (χ0v) is 16.4. The van der Waals surface area contributed by atoms with E-state index in [1.807, 2.05) is 30.3 Å². The predicted molar refractivity (Wildman–Crippen MR) is 105 cm³/mol. The highest BCUT2D eigenvalue weighted by atomic mass is 79.9. The number of nitrogens with two attached hydrogens (primary N) is 3. The normalized spacial score (nSPS) is 20.2. The van der Waals surface area contributed by atoms with Crippen LogP contribution in [0, 0.1) is 0 Å². The van der Waals surface area contributed by atoms with Crippen LogP contribution in [0.25, 0.3) is 11.1 Å². The minimum absolute atomic E-state index is 0.0323. The molecule has 1 fully saturated rings. The molecule has 1 amide bonds. The quantitative estimate of drug-likeness (QED) is 0.501. The Morgan fingerprint density at radius 3 is 2.31 bits per heavy atom. The molecule has 0 aromatic heterocycles. The average Bonchev–Trinajstić information content (AvgIpc) is 3.00. The third kappa shape index (κ3) is 3.49. The fourth-order valence-corrected chi connectivity index (χ4v) is 5.38. The molecule has 1 aliphatic rings. The molecule has 2 aromatic rings. The van der Waals surface area contributed by atoms with Crippen LogP contribution in [0.15, 0.2) is 41.3 Å². The summed E-state index contributed by atoms with van der Waals surface area (Å²) in [7, 11) is -4.18. The summed E-state index contributed by atoms with van der Waals surface area (Å²) < 4.78 is 24.6. The highest BCUT2D eigenvalue weighted by molar-refractivity contribution is 9.09. The van der Waals surface area contributed by atoms with E-state index in [2.05, 4.69) is 15.9 Å². The van der Waals surface area contributed by atoms with Crippen LogP contribution >= 0.6 is 15.9 Å². The standard InChI is InChI=1S/C18H20BrN3O3S/c19-12-7-6-11(8-12)14-9-13(10-4-2-1-3-5-10)16(20)15(18(21)23)17(14)26(22,24)25/h1-5,9,11-12H,6-8,20H2,(H2,21,23)(H2,22,24,25). The smallest absolute Gasteiger partial charge is 0.252 e. The lowest BCUT2D eigenvalue weighted by Gasteiger charge is -2.21. The second-order valence-corrected chi connectivity index (χ2v) is 9.31. The second-order valence-electron chi connectivity index (χ2n) is 6.51. The number of carbonyl (C=O) groups excluding carboxylic acids is 1. The maximum atomic E-state index is 12.3. The molecule has 0 heterocycles.